The highest BCUT2D eigenvalue weighted by molar-refractivity contribution is 9.10. The van der Waals surface area contributed by atoms with Crippen molar-refractivity contribution in [2.24, 2.45) is 0 Å². The molecule has 0 bridgehead atoms. The van der Waals surface area contributed by atoms with Gasteiger partial charge in [-0.25, -0.2) is 0 Å². The summed E-state index contributed by atoms with van der Waals surface area (Å²) in [7, 11) is 0. The summed E-state index contributed by atoms with van der Waals surface area (Å²) in [6.07, 6.45) is 0. The van der Waals surface area contributed by atoms with Gasteiger partial charge in [-0.2, -0.15) is 0 Å². The lowest BCUT2D eigenvalue weighted by Crippen LogP contribution is -2.31. The molecule has 0 radical (unpaired) electrons. The molecule has 0 atom stereocenters. The van der Waals surface area contributed by atoms with Crippen LogP contribution in [0.25, 0.3) is 0 Å². The molecule has 0 aliphatic carbocycles. The number of hydrogen-bond donors (Lipinski definition) is 0. The summed E-state index contributed by atoms with van der Waals surface area (Å²) < 4.78 is 5.96. The molecule has 2 rings (SSSR count). The van der Waals surface area contributed by atoms with Gasteiger partial charge < -0.3 is 4.74 Å². The van der Waals surface area contributed by atoms with E-state index in [2.05, 4.69) is 15.9 Å². The van der Waals surface area contributed by atoms with Gasteiger partial charge in [0.05, 0.1) is 29.1 Å². The molecule has 14 heavy (non-hydrogen) atoms. The maximum atomic E-state index is 11.7. The molecule has 0 spiro atoms. The van der Waals surface area contributed by atoms with Crippen LogP contribution in [-0.4, -0.2) is 30.0 Å². The fourth-order valence-corrected chi connectivity index (χ4v) is 3.60. The first-order valence-corrected chi connectivity index (χ1v) is 6.95. The van der Waals surface area contributed by atoms with Crippen molar-refractivity contribution in [3.63, 3.8) is 0 Å². The van der Waals surface area contributed by atoms with Crippen LogP contribution in [0.4, 0.5) is 0 Å². The second-order valence-corrected chi connectivity index (χ2v) is 6.05. The quantitative estimate of drug-likeness (QED) is 0.799. The smallest absolute Gasteiger partial charge is 0.183 e. The molecule has 0 unspecified atom stereocenters. The summed E-state index contributed by atoms with van der Waals surface area (Å²) in [6, 6.07) is 1.91. The third kappa shape index (κ3) is 2.39. The van der Waals surface area contributed by atoms with E-state index in [1.54, 1.807) is 11.8 Å². The highest BCUT2D eigenvalue weighted by Gasteiger charge is 2.21. The van der Waals surface area contributed by atoms with Crippen LogP contribution in [0.1, 0.15) is 9.67 Å². The summed E-state index contributed by atoms with van der Waals surface area (Å²) in [4.78, 5) is 12.5. The minimum Gasteiger partial charge on any atom is -0.379 e. The van der Waals surface area contributed by atoms with E-state index in [0.717, 1.165) is 22.6 Å². The van der Waals surface area contributed by atoms with Crippen LogP contribution in [0.2, 0.25) is 0 Å². The van der Waals surface area contributed by atoms with Crippen molar-refractivity contribution in [2.75, 3.05) is 19.0 Å². The van der Waals surface area contributed by atoms with E-state index < -0.39 is 0 Å². The average Bonchev–Trinajstić information content (AvgIpc) is 2.48. The zero-order valence-electron chi connectivity index (χ0n) is 7.36. The molecule has 1 aromatic rings. The lowest BCUT2D eigenvalue weighted by atomic mass is 10.3. The third-order valence-corrected chi connectivity index (χ3v) is 4.98. The van der Waals surface area contributed by atoms with Gasteiger partial charge in [0.2, 0.25) is 0 Å². The second-order valence-electron chi connectivity index (χ2n) is 2.99. The van der Waals surface area contributed by atoms with Crippen LogP contribution < -0.4 is 0 Å². The predicted molar refractivity (Wildman–Crippen MR) is 63.4 cm³/mol. The van der Waals surface area contributed by atoms with E-state index in [0.29, 0.717) is 11.0 Å². The fraction of sp³-hybridized carbons (Fsp3) is 0.444. The number of halogens is 1. The Morgan fingerprint density at radius 1 is 1.71 bits per heavy atom. The zero-order chi connectivity index (χ0) is 9.97. The van der Waals surface area contributed by atoms with Crippen molar-refractivity contribution in [1.82, 2.24) is 0 Å². The van der Waals surface area contributed by atoms with E-state index in [1.165, 1.54) is 11.3 Å². The Bertz CT molecular complexity index is 333. The van der Waals surface area contributed by atoms with Crippen LogP contribution in [0, 0.1) is 0 Å². The average molecular weight is 293 g/mol. The number of carbonyl (C=O) groups excluding carboxylic acids is 1. The Hall–Kier alpha value is 0.160. The van der Waals surface area contributed by atoms with Crippen molar-refractivity contribution in [3.8, 4) is 0 Å². The Balaban J connectivity index is 1.86. The number of Topliss-reactive ketones (excluding diaryl/α,β-unsaturated/α-hetero) is 1. The predicted octanol–water partition coefficient (Wildman–Crippen LogP) is 2.83. The molecule has 1 aliphatic rings. The number of ether oxygens (including phenoxy) is 1. The zero-order valence-corrected chi connectivity index (χ0v) is 10.6. The Morgan fingerprint density at radius 2 is 2.50 bits per heavy atom. The molecule has 76 valence electrons. The Labute approximate surface area is 99.2 Å². The summed E-state index contributed by atoms with van der Waals surface area (Å²) in [5.41, 5.74) is 0. The highest BCUT2D eigenvalue weighted by atomic mass is 79.9. The molecule has 5 heteroatoms. The van der Waals surface area contributed by atoms with Crippen molar-refractivity contribution in [1.29, 1.82) is 0 Å². The molecule has 1 saturated heterocycles. The maximum absolute atomic E-state index is 11.7. The van der Waals surface area contributed by atoms with Gasteiger partial charge in [0, 0.05) is 4.47 Å². The monoisotopic (exact) mass is 292 g/mol. The molecule has 1 aromatic heterocycles. The summed E-state index contributed by atoms with van der Waals surface area (Å²) in [6.45, 7) is 1.59. The third-order valence-electron chi connectivity index (χ3n) is 1.93. The molecular weight excluding hydrogens is 284 g/mol. The molecule has 2 nitrogen and oxygen atoms in total. The Kier molecular flexibility index (Phi) is 3.65. The van der Waals surface area contributed by atoms with Crippen molar-refractivity contribution >= 4 is 44.8 Å². The minimum absolute atomic E-state index is 0.212. The van der Waals surface area contributed by atoms with E-state index in [4.69, 9.17) is 4.74 Å². The highest BCUT2D eigenvalue weighted by Crippen LogP contribution is 2.26. The number of rotatable bonds is 4. The van der Waals surface area contributed by atoms with E-state index in [1.807, 2.05) is 11.4 Å². The SMILES string of the molecule is O=C(CSC1COC1)c1sccc1Br. The summed E-state index contributed by atoms with van der Waals surface area (Å²) >= 11 is 6.54. The van der Waals surface area contributed by atoms with Crippen LogP contribution in [0.3, 0.4) is 0 Å². The minimum atomic E-state index is 0.212. The molecule has 0 amide bonds. The van der Waals surface area contributed by atoms with Gasteiger partial charge >= 0.3 is 0 Å². The lowest BCUT2D eigenvalue weighted by Gasteiger charge is -2.24. The van der Waals surface area contributed by atoms with Crippen LogP contribution >= 0.6 is 39.0 Å². The number of thioether (sulfide) groups is 1. The number of carbonyl (C=O) groups is 1. The van der Waals surface area contributed by atoms with Gasteiger partial charge in [0.25, 0.3) is 0 Å². The molecular formula is C9H9BrO2S2. The molecule has 0 aromatic carbocycles. The molecule has 2 heterocycles. The van der Waals surface area contributed by atoms with Crippen LogP contribution in [0.15, 0.2) is 15.9 Å². The summed E-state index contributed by atoms with van der Waals surface area (Å²) in [5, 5.41) is 2.45. The van der Waals surface area contributed by atoms with Gasteiger partial charge in [-0.3, -0.25) is 4.79 Å². The van der Waals surface area contributed by atoms with E-state index >= 15 is 0 Å². The van der Waals surface area contributed by atoms with Gasteiger partial charge in [0.1, 0.15) is 0 Å². The molecule has 1 fully saturated rings. The van der Waals surface area contributed by atoms with Crippen molar-refractivity contribution in [2.45, 2.75) is 5.25 Å². The second kappa shape index (κ2) is 4.79. The molecule has 0 N–H and O–H groups in total. The first kappa shape index (κ1) is 10.7. The first-order chi connectivity index (χ1) is 6.77. The normalized spacial score (nSPS) is 16.6. The van der Waals surface area contributed by atoms with Crippen LogP contribution in [-0.2, 0) is 4.74 Å². The number of thiophene rings is 1. The van der Waals surface area contributed by atoms with Gasteiger partial charge in [0.15, 0.2) is 5.78 Å². The Morgan fingerprint density at radius 3 is 3.00 bits per heavy atom. The fourth-order valence-electron chi connectivity index (χ4n) is 1.06. The van der Waals surface area contributed by atoms with Gasteiger partial charge in [-0.15, -0.1) is 23.1 Å². The topological polar surface area (TPSA) is 26.3 Å². The molecule has 0 saturated carbocycles. The molecule has 1 aliphatic heterocycles. The standard InChI is InChI=1S/C9H9BrO2S2/c10-7-1-2-13-9(7)8(11)5-14-6-3-12-4-6/h1-2,6H,3-5H2. The number of ketones is 1. The van der Waals surface area contributed by atoms with E-state index in [9.17, 15) is 4.79 Å². The van der Waals surface area contributed by atoms with E-state index in [-0.39, 0.29) is 5.78 Å². The van der Waals surface area contributed by atoms with Crippen molar-refractivity contribution in [3.05, 3.63) is 20.8 Å². The maximum Gasteiger partial charge on any atom is 0.183 e. The van der Waals surface area contributed by atoms with Gasteiger partial charge in [-0.05, 0) is 27.4 Å². The van der Waals surface area contributed by atoms with Crippen LogP contribution in [0.5, 0.6) is 0 Å². The lowest BCUT2D eigenvalue weighted by molar-refractivity contribution is 0.0455. The summed E-state index contributed by atoms with van der Waals surface area (Å²) in [5.74, 6) is 0.774. The van der Waals surface area contributed by atoms with Gasteiger partial charge in [-0.1, -0.05) is 0 Å². The largest absolute Gasteiger partial charge is 0.379 e. The first-order valence-electron chi connectivity index (χ1n) is 4.23. The van der Waals surface area contributed by atoms with Crippen molar-refractivity contribution < 1.29 is 9.53 Å². The number of hydrogen-bond acceptors (Lipinski definition) is 4.